The predicted octanol–water partition coefficient (Wildman–Crippen LogP) is 2.09. The predicted molar refractivity (Wildman–Crippen MR) is 84.3 cm³/mol. The molecule has 8 heteroatoms. The molecule has 4 N–H and O–H groups in total. The summed E-state index contributed by atoms with van der Waals surface area (Å²) in [6.07, 6.45) is 0.805. The average molecular weight is 323 g/mol. The Hall–Kier alpha value is -2.77. The normalized spacial score (nSPS) is 11.2. The number of alkyl carbamates (subject to hydrolysis) is 1. The average Bonchev–Trinajstić information content (AvgIpc) is 2.53. The number of unbranched alkanes of at least 4 members (excludes halogenated alkanes) is 1. The van der Waals surface area contributed by atoms with Gasteiger partial charge in [0.15, 0.2) is 6.04 Å². The molecule has 0 spiro atoms. The Bertz CT molecular complexity index is 545. The van der Waals surface area contributed by atoms with E-state index in [1.54, 1.807) is 12.1 Å². The summed E-state index contributed by atoms with van der Waals surface area (Å²) in [5.74, 6) is -1.20. The molecular weight excluding hydrogens is 302 g/mol. The summed E-state index contributed by atoms with van der Waals surface area (Å²) in [4.78, 5) is 34.1. The summed E-state index contributed by atoms with van der Waals surface area (Å²) in [6.45, 7) is 2.19. The van der Waals surface area contributed by atoms with Crippen LogP contribution in [0.4, 0.5) is 15.3 Å². The molecule has 126 valence electrons. The van der Waals surface area contributed by atoms with Crippen LogP contribution >= 0.6 is 0 Å². The van der Waals surface area contributed by atoms with Crippen LogP contribution in [0.3, 0.4) is 0 Å². The van der Waals surface area contributed by atoms with Gasteiger partial charge in [-0.15, -0.1) is 0 Å². The van der Waals surface area contributed by atoms with Crippen LogP contribution in [-0.2, 0) is 9.53 Å². The van der Waals surface area contributed by atoms with Crippen molar-refractivity contribution < 1.29 is 24.2 Å². The number of rotatable bonds is 7. The molecule has 3 amide bonds. The number of nitrogens with one attached hydrogen (secondary N) is 3. The minimum absolute atomic E-state index is 0.240. The molecule has 0 aromatic heterocycles. The summed E-state index contributed by atoms with van der Waals surface area (Å²) in [7, 11) is 1.48. The maximum Gasteiger partial charge on any atom is 0.408 e. The van der Waals surface area contributed by atoms with Crippen molar-refractivity contribution in [1.29, 1.82) is 0 Å². The van der Waals surface area contributed by atoms with Gasteiger partial charge in [-0.05, 0) is 24.1 Å². The second-order valence-electron chi connectivity index (χ2n) is 4.73. The molecule has 1 unspecified atom stereocenters. The lowest BCUT2D eigenvalue weighted by Crippen LogP contribution is -2.34. The fourth-order valence-corrected chi connectivity index (χ4v) is 1.71. The van der Waals surface area contributed by atoms with E-state index in [-0.39, 0.29) is 12.6 Å². The first-order valence-corrected chi connectivity index (χ1v) is 7.22. The van der Waals surface area contributed by atoms with E-state index in [2.05, 4.69) is 16.0 Å². The zero-order valence-corrected chi connectivity index (χ0v) is 13.1. The second kappa shape index (κ2) is 9.29. The number of aliphatic carboxylic acids is 1. The van der Waals surface area contributed by atoms with Gasteiger partial charge in [-0.1, -0.05) is 25.5 Å². The van der Waals surface area contributed by atoms with E-state index < -0.39 is 18.1 Å². The minimum Gasteiger partial charge on any atom is -0.479 e. The van der Waals surface area contributed by atoms with Gasteiger partial charge in [-0.2, -0.15) is 0 Å². The van der Waals surface area contributed by atoms with E-state index in [4.69, 9.17) is 4.74 Å². The van der Waals surface area contributed by atoms with Crippen LogP contribution in [0.5, 0.6) is 0 Å². The van der Waals surface area contributed by atoms with Crippen molar-refractivity contribution in [2.75, 3.05) is 19.0 Å². The van der Waals surface area contributed by atoms with E-state index in [0.717, 1.165) is 6.42 Å². The molecule has 0 radical (unpaired) electrons. The molecule has 8 nitrogen and oxygen atoms in total. The third-order valence-corrected chi connectivity index (χ3v) is 2.97. The molecular formula is C15H21N3O5. The molecule has 1 aromatic rings. The molecule has 23 heavy (non-hydrogen) atoms. The monoisotopic (exact) mass is 323 g/mol. The summed E-state index contributed by atoms with van der Waals surface area (Å²) < 4.78 is 4.90. The van der Waals surface area contributed by atoms with Gasteiger partial charge in [0.05, 0.1) is 6.61 Å². The fourth-order valence-electron chi connectivity index (χ4n) is 1.71. The van der Waals surface area contributed by atoms with Gasteiger partial charge in [0.1, 0.15) is 0 Å². The largest absolute Gasteiger partial charge is 0.479 e. The highest BCUT2D eigenvalue weighted by atomic mass is 16.5. The maximum absolute atomic E-state index is 11.6. The molecule has 0 aliphatic carbocycles. The number of benzene rings is 1. The van der Waals surface area contributed by atoms with Crippen molar-refractivity contribution in [3.63, 3.8) is 0 Å². The fraction of sp³-hybridized carbons (Fsp3) is 0.400. The van der Waals surface area contributed by atoms with Crippen LogP contribution in [0.1, 0.15) is 31.4 Å². The number of carbonyl (C=O) groups is 3. The van der Waals surface area contributed by atoms with Gasteiger partial charge in [0, 0.05) is 12.7 Å². The van der Waals surface area contributed by atoms with Gasteiger partial charge in [-0.25, -0.2) is 14.4 Å². The lowest BCUT2D eigenvalue weighted by molar-refractivity contribution is -0.139. The number of ether oxygens (including phenoxy) is 1. The molecule has 0 bridgehead atoms. The first-order chi connectivity index (χ1) is 11.0. The zero-order chi connectivity index (χ0) is 17.2. The quantitative estimate of drug-likeness (QED) is 0.573. The van der Waals surface area contributed by atoms with Gasteiger partial charge in [-0.3, -0.25) is 0 Å². The number of hydrogen-bond donors (Lipinski definition) is 4. The third kappa shape index (κ3) is 6.25. The Kier molecular flexibility index (Phi) is 7.38. The molecule has 0 aliphatic rings. The number of carboxylic acids is 1. The van der Waals surface area contributed by atoms with Gasteiger partial charge >= 0.3 is 18.1 Å². The molecule has 1 rings (SSSR count). The highest BCUT2D eigenvalue weighted by molar-refractivity contribution is 5.89. The van der Waals surface area contributed by atoms with Crippen LogP contribution in [-0.4, -0.2) is 36.9 Å². The van der Waals surface area contributed by atoms with Crippen LogP contribution in [0.25, 0.3) is 0 Å². The minimum atomic E-state index is -1.22. The summed E-state index contributed by atoms with van der Waals surface area (Å²) >= 11 is 0. The summed E-state index contributed by atoms with van der Waals surface area (Å²) in [5.41, 5.74) is 0.871. The highest BCUT2D eigenvalue weighted by Gasteiger charge is 2.22. The van der Waals surface area contributed by atoms with Gasteiger partial charge in [0.2, 0.25) is 0 Å². The van der Waals surface area contributed by atoms with Crippen molar-refractivity contribution in [1.82, 2.24) is 10.6 Å². The molecule has 0 heterocycles. The van der Waals surface area contributed by atoms with E-state index in [0.29, 0.717) is 17.7 Å². The Morgan fingerprint density at radius 2 is 1.87 bits per heavy atom. The lowest BCUT2D eigenvalue weighted by Gasteiger charge is -2.15. The SMILES string of the molecule is CCCCOC(=O)NC(C(=O)O)c1ccc(NC(=O)NC)cc1. The summed E-state index contributed by atoms with van der Waals surface area (Å²) in [6, 6.07) is 4.51. The molecule has 0 saturated carbocycles. The van der Waals surface area contributed by atoms with Crippen molar-refractivity contribution in [3.05, 3.63) is 29.8 Å². The maximum atomic E-state index is 11.6. The zero-order valence-electron chi connectivity index (χ0n) is 13.1. The molecule has 1 atom stereocenters. The number of hydrogen-bond acceptors (Lipinski definition) is 4. The number of amides is 3. The Labute approximate surface area is 134 Å². The standard InChI is InChI=1S/C15H21N3O5/c1-3-4-9-23-15(22)18-12(13(19)20)10-5-7-11(8-6-10)17-14(21)16-2/h5-8,12H,3-4,9H2,1-2H3,(H,18,22)(H,19,20)(H2,16,17,21). The first-order valence-electron chi connectivity index (χ1n) is 7.22. The number of carboxylic acid groups (broad SMARTS) is 1. The number of urea groups is 1. The third-order valence-electron chi connectivity index (χ3n) is 2.97. The first kappa shape index (κ1) is 18.3. The Balaban J connectivity index is 2.72. The number of carbonyl (C=O) groups excluding carboxylic acids is 2. The lowest BCUT2D eigenvalue weighted by atomic mass is 10.1. The second-order valence-corrected chi connectivity index (χ2v) is 4.73. The van der Waals surface area contributed by atoms with Crippen molar-refractivity contribution in [2.45, 2.75) is 25.8 Å². The molecule has 0 aliphatic heterocycles. The van der Waals surface area contributed by atoms with E-state index in [1.165, 1.54) is 19.2 Å². The summed E-state index contributed by atoms with van der Waals surface area (Å²) in [5, 5.41) is 16.5. The van der Waals surface area contributed by atoms with Crippen LogP contribution in [0, 0.1) is 0 Å². The van der Waals surface area contributed by atoms with Crippen LogP contribution in [0.15, 0.2) is 24.3 Å². The van der Waals surface area contributed by atoms with Crippen LogP contribution < -0.4 is 16.0 Å². The molecule has 0 saturated heterocycles. The van der Waals surface area contributed by atoms with Crippen molar-refractivity contribution in [3.8, 4) is 0 Å². The smallest absolute Gasteiger partial charge is 0.408 e. The Morgan fingerprint density at radius 1 is 1.22 bits per heavy atom. The highest BCUT2D eigenvalue weighted by Crippen LogP contribution is 2.17. The van der Waals surface area contributed by atoms with E-state index in [1.807, 2.05) is 6.92 Å². The van der Waals surface area contributed by atoms with Crippen molar-refractivity contribution in [2.24, 2.45) is 0 Å². The van der Waals surface area contributed by atoms with E-state index in [9.17, 15) is 19.5 Å². The van der Waals surface area contributed by atoms with Crippen LogP contribution in [0.2, 0.25) is 0 Å². The Morgan fingerprint density at radius 3 is 2.39 bits per heavy atom. The van der Waals surface area contributed by atoms with Gasteiger partial charge in [0.25, 0.3) is 0 Å². The van der Waals surface area contributed by atoms with E-state index >= 15 is 0 Å². The number of anilines is 1. The topological polar surface area (TPSA) is 117 Å². The molecule has 1 aromatic carbocycles. The van der Waals surface area contributed by atoms with Gasteiger partial charge < -0.3 is 25.8 Å². The molecule has 0 fully saturated rings. The van der Waals surface area contributed by atoms with Crippen molar-refractivity contribution >= 4 is 23.8 Å².